The molecule has 35 heavy (non-hydrogen) atoms. The van der Waals surface area contributed by atoms with Crippen molar-refractivity contribution in [2.24, 2.45) is 0 Å². The van der Waals surface area contributed by atoms with Crippen LogP contribution in [0.4, 0.5) is 14.6 Å². The number of fused-ring (bicyclic) bond motifs is 2. The Morgan fingerprint density at radius 3 is 2.86 bits per heavy atom. The number of aromatic nitrogens is 4. The Bertz CT molecular complexity index is 1590. The average molecular weight is 491 g/mol. The van der Waals surface area contributed by atoms with Crippen molar-refractivity contribution < 1.29 is 13.6 Å². The van der Waals surface area contributed by atoms with Crippen molar-refractivity contribution in [1.82, 2.24) is 24.4 Å². The predicted octanol–water partition coefficient (Wildman–Crippen LogP) is 4.14. The number of carbonyl (C=O) groups excluding carboxylic acids is 1. The summed E-state index contributed by atoms with van der Waals surface area (Å²) < 4.78 is 32.5. The van der Waals surface area contributed by atoms with Gasteiger partial charge in [0.1, 0.15) is 29.1 Å². The van der Waals surface area contributed by atoms with E-state index in [0.717, 1.165) is 17.8 Å². The van der Waals surface area contributed by atoms with Crippen molar-refractivity contribution in [2.45, 2.75) is 31.2 Å². The topological polar surface area (TPSA) is 89.9 Å². The molecular formula is C25H20F2N6OS. The van der Waals surface area contributed by atoms with Gasteiger partial charge in [-0.3, -0.25) is 4.79 Å². The number of halogens is 2. The Labute approximate surface area is 203 Å². The van der Waals surface area contributed by atoms with Gasteiger partial charge in [-0.1, -0.05) is 18.4 Å². The van der Waals surface area contributed by atoms with Crippen molar-refractivity contribution in [3.63, 3.8) is 0 Å². The maximum atomic E-state index is 15.2. The number of nitrogens with zero attached hydrogens (tertiary/aromatic N) is 5. The van der Waals surface area contributed by atoms with Gasteiger partial charge in [-0.05, 0) is 31.4 Å². The van der Waals surface area contributed by atoms with Gasteiger partial charge in [0.25, 0.3) is 0 Å². The molecule has 1 aliphatic heterocycles. The number of benzene rings is 1. The summed E-state index contributed by atoms with van der Waals surface area (Å²) in [5.74, 6) is 4.52. The molecule has 1 unspecified atom stereocenters. The third-order valence-electron chi connectivity index (χ3n) is 6.52. The monoisotopic (exact) mass is 490 g/mol. The molecule has 2 fully saturated rings. The van der Waals surface area contributed by atoms with Crippen LogP contribution < -0.4 is 5.73 Å². The van der Waals surface area contributed by atoms with Gasteiger partial charge in [-0.25, -0.2) is 23.7 Å². The molecule has 1 atom stereocenters. The Morgan fingerprint density at radius 1 is 1.26 bits per heavy atom. The minimum atomic E-state index is -0.752. The average Bonchev–Trinajstić information content (AvgIpc) is 3.26. The van der Waals surface area contributed by atoms with Crippen LogP contribution in [0, 0.1) is 23.5 Å². The third kappa shape index (κ3) is 3.63. The highest BCUT2D eigenvalue weighted by molar-refractivity contribution is 7.18. The first-order valence-corrected chi connectivity index (χ1v) is 12.1. The lowest BCUT2D eigenvalue weighted by atomic mass is 10.1. The van der Waals surface area contributed by atoms with Gasteiger partial charge in [0.05, 0.1) is 32.3 Å². The minimum Gasteiger partial charge on any atom is -0.383 e. The lowest BCUT2D eigenvalue weighted by molar-refractivity contribution is -0.125. The fraction of sp³-hybridized carbons (Fsp3) is 0.280. The van der Waals surface area contributed by atoms with Crippen molar-refractivity contribution in [3.05, 3.63) is 59.0 Å². The molecule has 7 nitrogen and oxygen atoms in total. The normalized spacial score (nSPS) is 17.7. The van der Waals surface area contributed by atoms with Crippen molar-refractivity contribution in [2.75, 3.05) is 18.8 Å². The minimum absolute atomic E-state index is 0.0491. The standard InChI is InChI=1S/C25H20F2N6OS/c1-2-19(34)32-8-7-15(11-32)33-10-14(20-23(28)29-12-30-24(20)33)5-6-16-17(26)9-18-22(21(16)27)31-25(35-18)13-3-4-13/h2,9-10,12-13,15H,1,3-4,7-8,11H2,(H2,28,29,30). The number of hydrogen-bond donors (Lipinski definition) is 1. The van der Waals surface area contributed by atoms with Crippen LogP contribution in [0.3, 0.4) is 0 Å². The fourth-order valence-corrected chi connectivity index (χ4v) is 5.70. The quantitative estimate of drug-likeness (QED) is 0.344. The van der Waals surface area contributed by atoms with E-state index in [1.54, 1.807) is 11.1 Å². The molecule has 1 amide bonds. The van der Waals surface area contributed by atoms with Gasteiger partial charge < -0.3 is 15.2 Å². The Kier molecular flexibility index (Phi) is 5.04. The number of nitrogen functional groups attached to an aromatic ring is 1. The van der Waals surface area contributed by atoms with E-state index in [1.165, 1.54) is 29.8 Å². The molecule has 1 saturated heterocycles. The third-order valence-corrected chi connectivity index (χ3v) is 7.69. The first-order valence-electron chi connectivity index (χ1n) is 11.3. The summed E-state index contributed by atoms with van der Waals surface area (Å²) in [6.45, 7) is 4.62. The van der Waals surface area contributed by atoms with Crippen LogP contribution in [0.25, 0.3) is 21.3 Å². The smallest absolute Gasteiger partial charge is 0.246 e. The number of carbonyl (C=O) groups is 1. The molecule has 4 aromatic rings. The van der Waals surface area contributed by atoms with E-state index in [4.69, 9.17) is 5.73 Å². The first kappa shape index (κ1) is 21.7. The largest absolute Gasteiger partial charge is 0.383 e. The summed E-state index contributed by atoms with van der Waals surface area (Å²) in [7, 11) is 0. The summed E-state index contributed by atoms with van der Waals surface area (Å²) in [5, 5.41) is 1.36. The van der Waals surface area contributed by atoms with E-state index in [0.29, 0.717) is 46.7 Å². The van der Waals surface area contributed by atoms with Crippen LogP contribution in [0.1, 0.15) is 47.4 Å². The number of likely N-dealkylation sites (tertiary alicyclic amines) is 1. The number of nitrogens with two attached hydrogens (primary N) is 1. The van der Waals surface area contributed by atoms with Gasteiger partial charge in [-0.2, -0.15) is 0 Å². The second-order valence-electron chi connectivity index (χ2n) is 8.81. The summed E-state index contributed by atoms with van der Waals surface area (Å²) >= 11 is 1.33. The zero-order valence-electron chi connectivity index (χ0n) is 18.6. The molecule has 0 radical (unpaired) electrons. The van der Waals surface area contributed by atoms with Gasteiger partial charge in [-0.15, -0.1) is 11.3 Å². The molecule has 0 spiro atoms. The molecule has 2 aliphatic rings. The predicted molar refractivity (Wildman–Crippen MR) is 130 cm³/mol. The highest BCUT2D eigenvalue weighted by atomic mass is 32.1. The summed E-state index contributed by atoms with van der Waals surface area (Å²) in [6, 6.07) is 1.25. The molecule has 1 aromatic carbocycles. The van der Waals surface area contributed by atoms with Gasteiger partial charge in [0, 0.05) is 25.2 Å². The summed E-state index contributed by atoms with van der Waals surface area (Å²) in [6.07, 6.45) is 7.20. The van der Waals surface area contributed by atoms with E-state index in [-0.39, 0.29) is 28.8 Å². The molecule has 3 aromatic heterocycles. The van der Waals surface area contributed by atoms with Crippen LogP contribution in [0.2, 0.25) is 0 Å². The van der Waals surface area contributed by atoms with E-state index in [1.807, 2.05) is 4.57 Å². The molecule has 1 saturated carbocycles. The van der Waals surface area contributed by atoms with Gasteiger partial charge in [0.2, 0.25) is 5.91 Å². The zero-order valence-corrected chi connectivity index (χ0v) is 19.4. The fourth-order valence-electron chi connectivity index (χ4n) is 4.54. The zero-order chi connectivity index (χ0) is 24.3. The van der Waals surface area contributed by atoms with E-state index in [2.05, 4.69) is 33.4 Å². The highest BCUT2D eigenvalue weighted by Gasteiger charge is 2.29. The van der Waals surface area contributed by atoms with Crippen LogP contribution in [-0.4, -0.2) is 43.4 Å². The molecule has 10 heteroatoms. The second kappa shape index (κ2) is 8.13. The summed E-state index contributed by atoms with van der Waals surface area (Å²) in [5.41, 5.74) is 6.99. The lowest BCUT2D eigenvalue weighted by Crippen LogP contribution is -2.27. The number of thiazole rings is 1. The van der Waals surface area contributed by atoms with E-state index >= 15 is 4.39 Å². The molecule has 2 N–H and O–H groups in total. The SMILES string of the molecule is C=CC(=O)N1CCC(n2cc(C#Cc3c(F)cc4sc(C5CC5)nc4c3F)c3c(N)ncnc32)C1. The number of amides is 1. The molecule has 1 aliphatic carbocycles. The summed E-state index contributed by atoms with van der Waals surface area (Å²) in [4.78, 5) is 26.6. The van der Waals surface area contributed by atoms with Gasteiger partial charge >= 0.3 is 0 Å². The molecule has 4 heterocycles. The maximum Gasteiger partial charge on any atom is 0.246 e. The molecule has 0 bridgehead atoms. The van der Waals surface area contributed by atoms with Crippen LogP contribution in [0.5, 0.6) is 0 Å². The van der Waals surface area contributed by atoms with Gasteiger partial charge in [0.15, 0.2) is 5.82 Å². The number of rotatable bonds is 3. The maximum absolute atomic E-state index is 15.2. The van der Waals surface area contributed by atoms with Crippen LogP contribution in [0.15, 0.2) is 31.2 Å². The van der Waals surface area contributed by atoms with E-state index in [9.17, 15) is 9.18 Å². The Balaban J connectivity index is 1.42. The van der Waals surface area contributed by atoms with Crippen LogP contribution in [-0.2, 0) is 4.79 Å². The van der Waals surface area contributed by atoms with E-state index < -0.39 is 11.6 Å². The molecule has 6 rings (SSSR count). The van der Waals surface area contributed by atoms with Crippen LogP contribution >= 0.6 is 11.3 Å². The lowest BCUT2D eigenvalue weighted by Gasteiger charge is -2.15. The number of hydrogen-bond acceptors (Lipinski definition) is 6. The van der Waals surface area contributed by atoms with Crippen molar-refractivity contribution >= 4 is 44.3 Å². The highest BCUT2D eigenvalue weighted by Crippen LogP contribution is 2.44. The first-order chi connectivity index (χ1) is 16.9. The van der Waals surface area contributed by atoms with Crippen molar-refractivity contribution in [1.29, 1.82) is 0 Å². The van der Waals surface area contributed by atoms with Crippen molar-refractivity contribution in [3.8, 4) is 11.8 Å². The Hall–Kier alpha value is -3.84. The molecular weight excluding hydrogens is 470 g/mol. The molecule has 176 valence electrons. The second-order valence-corrected chi connectivity index (χ2v) is 9.87. The Morgan fingerprint density at radius 2 is 2.09 bits per heavy atom. The number of anilines is 1.